The van der Waals surface area contributed by atoms with E-state index in [9.17, 15) is 14.7 Å². The molecule has 0 radical (unpaired) electrons. The third-order valence-electron chi connectivity index (χ3n) is 5.67. The number of imidazole rings is 1. The van der Waals surface area contributed by atoms with Crippen molar-refractivity contribution in [2.24, 2.45) is 13.0 Å². The first kappa shape index (κ1) is 27.2. The van der Waals surface area contributed by atoms with Crippen molar-refractivity contribution in [3.05, 3.63) is 24.0 Å². The van der Waals surface area contributed by atoms with Crippen LogP contribution in [0.2, 0.25) is 0 Å². The Morgan fingerprint density at radius 3 is 2.39 bits per heavy atom. The number of amides is 1. The maximum atomic E-state index is 12.7. The molecule has 0 saturated carbocycles. The molecule has 2 rings (SSSR count). The molecule has 0 aliphatic carbocycles. The molecule has 0 aliphatic heterocycles. The van der Waals surface area contributed by atoms with Crippen LogP contribution in [-0.4, -0.2) is 70.5 Å². The first-order valence-electron chi connectivity index (χ1n) is 11.2. The summed E-state index contributed by atoms with van der Waals surface area (Å²) in [4.78, 5) is 31.1. The largest absolute Gasteiger partial charge is 0.480 e. The minimum absolute atomic E-state index is 0.161. The molecule has 2 atom stereocenters. The molecular weight excluding hydrogens is 465 g/mol. The van der Waals surface area contributed by atoms with E-state index in [0.717, 1.165) is 22.5 Å². The van der Waals surface area contributed by atoms with E-state index in [2.05, 4.69) is 15.5 Å². The highest BCUT2D eigenvalue weighted by atomic mass is 35.5. The molecule has 33 heavy (non-hydrogen) atoms. The number of fused-ring (bicyclic) bond motifs is 1. The van der Waals surface area contributed by atoms with E-state index < -0.39 is 18.1 Å². The van der Waals surface area contributed by atoms with Crippen molar-refractivity contribution in [1.29, 1.82) is 0 Å². The van der Waals surface area contributed by atoms with Crippen LogP contribution >= 0.6 is 23.2 Å². The number of rotatable bonds is 14. The fourth-order valence-corrected chi connectivity index (χ4v) is 4.29. The minimum Gasteiger partial charge on any atom is -0.480 e. The molecule has 2 unspecified atom stereocenters. The van der Waals surface area contributed by atoms with Gasteiger partial charge in [0.1, 0.15) is 11.9 Å². The second-order valence-electron chi connectivity index (χ2n) is 8.53. The van der Waals surface area contributed by atoms with Crippen molar-refractivity contribution in [3.63, 3.8) is 0 Å². The lowest BCUT2D eigenvalue weighted by molar-refractivity contribution is -0.142. The van der Waals surface area contributed by atoms with Crippen LogP contribution < -0.4 is 15.5 Å². The van der Waals surface area contributed by atoms with Crippen LogP contribution in [0.25, 0.3) is 11.0 Å². The summed E-state index contributed by atoms with van der Waals surface area (Å²) in [6.45, 7) is 5.26. The maximum absolute atomic E-state index is 12.7. The molecule has 0 bridgehead atoms. The van der Waals surface area contributed by atoms with E-state index in [0.29, 0.717) is 44.1 Å². The Bertz CT molecular complexity index is 928. The first-order chi connectivity index (χ1) is 15.7. The highest BCUT2D eigenvalue weighted by Crippen LogP contribution is 2.23. The van der Waals surface area contributed by atoms with Crippen molar-refractivity contribution >= 4 is 51.8 Å². The molecule has 0 saturated heterocycles. The van der Waals surface area contributed by atoms with Gasteiger partial charge in [0, 0.05) is 44.0 Å². The van der Waals surface area contributed by atoms with Crippen molar-refractivity contribution in [3.8, 4) is 0 Å². The molecule has 184 valence electrons. The quantitative estimate of drug-likeness (QED) is 0.345. The van der Waals surface area contributed by atoms with Crippen LogP contribution in [-0.2, 0) is 23.1 Å². The van der Waals surface area contributed by atoms with E-state index in [1.54, 1.807) is 7.05 Å². The number of hydrogen-bond acceptors (Lipinski definition) is 5. The summed E-state index contributed by atoms with van der Waals surface area (Å²) >= 11 is 11.9. The summed E-state index contributed by atoms with van der Waals surface area (Å²) in [5.74, 6) is 0.702. The summed E-state index contributed by atoms with van der Waals surface area (Å²) < 4.78 is 2.02. The van der Waals surface area contributed by atoms with Gasteiger partial charge in [-0.2, -0.15) is 0 Å². The predicted molar refractivity (Wildman–Crippen MR) is 135 cm³/mol. The van der Waals surface area contributed by atoms with Gasteiger partial charge in [0.2, 0.25) is 5.91 Å². The molecule has 0 fully saturated rings. The van der Waals surface area contributed by atoms with Crippen molar-refractivity contribution < 1.29 is 14.7 Å². The normalized spacial score (nSPS) is 13.3. The average molecular weight is 500 g/mol. The molecule has 8 nitrogen and oxygen atoms in total. The van der Waals surface area contributed by atoms with E-state index in [1.165, 1.54) is 0 Å². The zero-order valence-electron chi connectivity index (χ0n) is 19.8. The predicted octanol–water partition coefficient (Wildman–Crippen LogP) is 2.99. The number of halogens is 2. The van der Waals surface area contributed by atoms with E-state index in [1.807, 2.05) is 43.7 Å². The molecule has 1 aromatic heterocycles. The molecule has 0 spiro atoms. The SMILES string of the molecule is CNC(CCc1nc2cc(N(CCCl)CCCl)ccc2n1C)C(=O)NC(CC(C)C)C(=O)O. The number of nitrogens with one attached hydrogen (secondary N) is 2. The van der Waals surface area contributed by atoms with Crippen molar-refractivity contribution in [1.82, 2.24) is 20.2 Å². The van der Waals surface area contributed by atoms with Crippen LogP contribution in [0, 0.1) is 5.92 Å². The summed E-state index contributed by atoms with van der Waals surface area (Å²) in [5.41, 5.74) is 2.89. The van der Waals surface area contributed by atoms with Gasteiger partial charge in [-0.3, -0.25) is 4.79 Å². The lowest BCUT2D eigenvalue weighted by atomic mass is 10.0. The van der Waals surface area contributed by atoms with Gasteiger partial charge >= 0.3 is 5.97 Å². The Kier molecular flexibility index (Phi) is 10.7. The van der Waals surface area contributed by atoms with Gasteiger partial charge in [-0.1, -0.05) is 13.8 Å². The van der Waals surface area contributed by atoms with Crippen molar-refractivity contribution in [2.45, 2.75) is 45.2 Å². The third-order valence-corrected chi connectivity index (χ3v) is 6.01. The van der Waals surface area contributed by atoms with Gasteiger partial charge in [0.15, 0.2) is 0 Å². The van der Waals surface area contributed by atoms with Gasteiger partial charge in [0.05, 0.1) is 17.1 Å². The van der Waals surface area contributed by atoms with Gasteiger partial charge in [-0.15, -0.1) is 23.2 Å². The number of carbonyl (C=O) groups is 2. The summed E-state index contributed by atoms with van der Waals surface area (Å²) in [6.07, 6.45) is 1.44. The standard InChI is InChI=1S/C23H35Cl2N5O3/c1-15(2)13-19(23(32)33)28-22(31)17(26-3)6-8-21-27-18-14-16(5-7-20(18)29(21)4)30(11-9-24)12-10-25/h5,7,14-15,17,19,26H,6,8-13H2,1-4H3,(H,28,31)(H,32,33). The number of benzene rings is 1. The lowest BCUT2D eigenvalue weighted by Crippen LogP contribution is -2.50. The maximum Gasteiger partial charge on any atom is 0.326 e. The highest BCUT2D eigenvalue weighted by Gasteiger charge is 2.25. The molecule has 10 heteroatoms. The zero-order valence-corrected chi connectivity index (χ0v) is 21.3. The Morgan fingerprint density at radius 1 is 1.18 bits per heavy atom. The van der Waals surface area contributed by atoms with E-state index >= 15 is 0 Å². The molecule has 1 aromatic carbocycles. The second kappa shape index (κ2) is 13.0. The van der Waals surface area contributed by atoms with Gasteiger partial charge < -0.3 is 25.2 Å². The fraction of sp³-hybridized carbons (Fsp3) is 0.609. The molecule has 2 aromatic rings. The van der Waals surface area contributed by atoms with Crippen LogP contribution in [0.3, 0.4) is 0 Å². The number of carboxylic acids is 1. The lowest BCUT2D eigenvalue weighted by Gasteiger charge is -2.22. The third kappa shape index (κ3) is 7.48. The van der Waals surface area contributed by atoms with Crippen LogP contribution in [0.1, 0.15) is 32.5 Å². The number of aryl methyl sites for hydroxylation is 2. The Morgan fingerprint density at radius 2 is 1.85 bits per heavy atom. The zero-order chi connectivity index (χ0) is 24.5. The monoisotopic (exact) mass is 499 g/mol. The van der Waals surface area contributed by atoms with E-state index in [4.69, 9.17) is 28.2 Å². The number of anilines is 1. The summed E-state index contributed by atoms with van der Waals surface area (Å²) in [7, 11) is 3.66. The number of aliphatic carboxylic acids is 1. The molecule has 1 amide bonds. The second-order valence-corrected chi connectivity index (χ2v) is 9.29. The van der Waals surface area contributed by atoms with Gasteiger partial charge in [0.25, 0.3) is 0 Å². The number of aromatic nitrogens is 2. The van der Waals surface area contributed by atoms with Gasteiger partial charge in [-0.25, -0.2) is 9.78 Å². The van der Waals surface area contributed by atoms with Crippen LogP contribution in [0.15, 0.2) is 18.2 Å². The van der Waals surface area contributed by atoms with Crippen molar-refractivity contribution in [2.75, 3.05) is 36.8 Å². The first-order valence-corrected chi connectivity index (χ1v) is 12.3. The van der Waals surface area contributed by atoms with Gasteiger partial charge in [-0.05, 0) is 44.0 Å². The van der Waals surface area contributed by atoms with Crippen LogP contribution in [0.4, 0.5) is 5.69 Å². The Labute approximate surface area is 205 Å². The Balaban J connectivity index is 2.12. The summed E-state index contributed by atoms with van der Waals surface area (Å²) in [6, 6.07) is 4.69. The van der Waals surface area contributed by atoms with E-state index in [-0.39, 0.29) is 11.8 Å². The Hall–Kier alpha value is -2.03. The number of alkyl halides is 2. The number of nitrogens with zero attached hydrogens (tertiary/aromatic N) is 3. The number of carbonyl (C=O) groups excluding carboxylic acids is 1. The molecule has 3 N–H and O–H groups in total. The van der Waals surface area contributed by atoms with Crippen LogP contribution in [0.5, 0.6) is 0 Å². The number of likely N-dealkylation sites (N-methyl/N-ethyl adjacent to an activating group) is 1. The minimum atomic E-state index is -1.02. The highest BCUT2D eigenvalue weighted by molar-refractivity contribution is 6.18. The fourth-order valence-electron chi connectivity index (χ4n) is 3.88. The molecular formula is C23H35Cl2N5O3. The topological polar surface area (TPSA) is 99.5 Å². The summed E-state index contributed by atoms with van der Waals surface area (Å²) in [5, 5.41) is 15.1. The number of carboxylic acid groups (broad SMARTS) is 1. The average Bonchev–Trinajstić information content (AvgIpc) is 3.08. The number of hydrogen-bond donors (Lipinski definition) is 3. The molecule has 1 heterocycles. The molecule has 0 aliphatic rings. The smallest absolute Gasteiger partial charge is 0.326 e.